The summed E-state index contributed by atoms with van der Waals surface area (Å²) in [6.07, 6.45) is 0.176. The van der Waals surface area contributed by atoms with Gasteiger partial charge in [0.2, 0.25) is 0 Å². The Morgan fingerprint density at radius 2 is 1.89 bits per heavy atom. The molecule has 0 bridgehead atoms. The molecule has 1 aromatic rings. The van der Waals surface area contributed by atoms with Crippen LogP contribution in [0.4, 0.5) is 14.5 Å². The third kappa shape index (κ3) is 4.05. The van der Waals surface area contributed by atoms with Crippen molar-refractivity contribution in [2.75, 3.05) is 5.73 Å². The van der Waals surface area contributed by atoms with Crippen LogP contribution in [-0.4, -0.2) is 11.6 Å². The summed E-state index contributed by atoms with van der Waals surface area (Å²) in [4.78, 5) is 11.5. The second-order valence-corrected chi connectivity index (χ2v) is 5.07. The smallest absolute Gasteiger partial charge is 0.333 e. The Balaban J connectivity index is 2.92. The van der Waals surface area contributed by atoms with Crippen LogP contribution in [0.3, 0.4) is 0 Å². The van der Waals surface area contributed by atoms with Crippen LogP contribution < -0.4 is 5.73 Å². The molecule has 1 aromatic carbocycles. The van der Waals surface area contributed by atoms with Gasteiger partial charge in [0.1, 0.15) is 5.60 Å². The number of anilines is 1. The molecule has 1 rings (SSSR count). The molecular weight excluding hydrogens is 252 g/mol. The largest absolute Gasteiger partial charge is 0.456 e. The Morgan fingerprint density at radius 1 is 1.37 bits per heavy atom. The molecule has 0 unspecified atom stereocenters. The number of nitrogen functional groups attached to an aromatic ring is 1. The van der Waals surface area contributed by atoms with Crippen molar-refractivity contribution in [3.8, 4) is 0 Å². The fraction of sp³-hybridized carbons (Fsp3) is 0.357. The van der Waals surface area contributed by atoms with E-state index in [9.17, 15) is 13.6 Å². The molecule has 0 heterocycles. The van der Waals surface area contributed by atoms with Crippen molar-refractivity contribution < 1.29 is 18.3 Å². The van der Waals surface area contributed by atoms with Crippen LogP contribution in [0.5, 0.6) is 0 Å². The average Bonchev–Trinajstić information content (AvgIpc) is 2.24. The van der Waals surface area contributed by atoms with E-state index in [0.717, 1.165) is 12.1 Å². The first-order chi connectivity index (χ1) is 8.62. The monoisotopic (exact) mass is 269 g/mol. The van der Waals surface area contributed by atoms with Crippen LogP contribution in [0.25, 0.3) is 0 Å². The van der Waals surface area contributed by atoms with E-state index in [4.69, 9.17) is 10.5 Å². The van der Waals surface area contributed by atoms with Crippen molar-refractivity contribution in [2.24, 2.45) is 0 Å². The number of esters is 1. The standard InChI is InChI=1S/C14H17F2NO2/c1-8(2)13(18)19-14(3,4)7-9-5-10(15)11(16)6-12(9)17/h5-6H,1,7,17H2,2-4H3. The van der Waals surface area contributed by atoms with E-state index < -0.39 is 23.2 Å². The quantitative estimate of drug-likeness (QED) is 0.519. The van der Waals surface area contributed by atoms with Crippen molar-refractivity contribution in [1.29, 1.82) is 0 Å². The molecule has 0 spiro atoms. The number of rotatable bonds is 4. The number of benzene rings is 1. The minimum atomic E-state index is -1.00. The topological polar surface area (TPSA) is 52.3 Å². The molecule has 5 heteroatoms. The lowest BCUT2D eigenvalue weighted by Crippen LogP contribution is -2.31. The summed E-state index contributed by atoms with van der Waals surface area (Å²) in [6, 6.07) is 1.93. The highest BCUT2D eigenvalue weighted by Gasteiger charge is 2.25. The summed E-state index contributed by atoms with van der Waals surface area (Å²) in [5.41, 5.74) is 5.51. The molecule has 0 aliphatic rings. The first-order valence-electron chi connectivity index (χ1n) is 5.74. The normalized spacial score (nSPS) is 11.2. The van der Waals surface area contributed by atoms with Crippen molar-refractivity contribution in [3.05, 3.63) is 41.5 Å². The molecule has 104 valence electrons. The highest BCUT2D eigenvalue weighted by atomic mass is 19.2. The summed E-state index contributed by atoms with van der Waals surface area (Å²) in [5.74, 6) is -2.52. The molecule has 0 aromatic heterocycles. The van der Waals surface area contributed by atoms with E-state index in [1.54, 1.807) is 13.8 Å². The summed E-state index contributed by atoms with van der Waals surface area (Å²) in [5, 5.41) is 0. The van der Waals surface area contributed by atoms with E-state index in [-0.39, 0.29) is 17.7 Å². The van der Waals surface area contributed by atoms with Crippen LogP contribution in [0.1, 0.15) is 26.3 Å². The highest BCUT2D eigenvalue weighted by molar-refractivity contribution is 5.87. The van der Waals surface area contributed by atoms with Gasteiger partial charge in [-0.2, -0.15) is 0 Å². The van der Waals surface area contributed by atoms with Gasteiger partial charge in [0.05, 0.1) is 0 Å². The number of halogens is 2. The lowest BCUT2D eigenvalue weighted by molar-refractivity contribution is -0.151. The zero-order valence-corrected chi connectivity index (χ0v) is 11.2. The van der Waals surface area contributed by atoms with Gasteiger partial charge in [-0.25, -0.2) is 13.6 Å². The van der Waals surface area contributed by atoms with Crippen LogP contribution in [0.15, 0.2) is 24.3 Å². The predicted octanol–water partition coefficient (Wildman–Crippen LogP) is 2.99. The maximum atomic E-state index is 13.2. The van der Waals surface area contributed by atoms with Gasteiger partial charge in [0.15, 0.2) is 11.6 Å². The van der Waals surface area contributed by atoms with Crippen molar-refractivity contribution in [1.82, 2.24) is 0 Å². The molecule has 0 saturated heterocycles. The number of nitrogens with two attached hydrogens (primary N) is 1. The second-order valence-electron chi connectivity index (χ2n) is 5.07. The van der Waals surface area contributed by atoms with E-state index >= 15 is 0 Å². The maximum absolute atomic E-state index is 13.2. The Kier molecular flexibility index (Phi) is 4.29. The first-order valence-corrected chi connectivity index (χ1v) is 5.74. The summed E-state index contributed by atoms with van der Waals surface area (Å²) >= 11 is 0. The van der Waals surface area contributed by atoms with Gasteiger partial charge in [-0.1, -0.05) is 6.58 Å². The Hall–Kier alpha value is -1.91. The van der Waals surface area contributed by atoms with Crippen LogP contribution >= 0.6 is 0 Å². The summed E-state index contributed by atoms with van der Waals surface area (Å²) in [7, 11) is 0. The number of ether oxygens (including phenoxy) is 1. The third-order valence-corrected chi connectivity index (χ3v) is 2.52. The molecule has 0 fully saturated rings. The van der Waals surface area contributed by atoms with Gasteiger partial charge in [-0.05, 0) is 32.4 Å². The number of carbonyl (C=O) groups is 1. The van der Waals surface area contributed by atoms with Crippen LogP contribution in [-0.2, 0) is 16.0 Å². The third-order valence-electron chi connectivity index (χ3n) is 2.52. The van der Waals surface area contributed by atoms with Crippen LogP contribution in [0.2, 0.25) is 0 Å². The van der Waals surface area contributed by atoms with Gasteiger partial charge in [-0.15, -0.1) is 0 Å². The molecule has 0 radical (unpaired) electrons. The molecule has 0 amide bonds. The first kappa shape index (κ1) is 15.1. The molecule has 0 atom stereocenters. The van der Waals surface area contributed by atoms with Gasteiger partial charge in [-0.3, -0.25) is 0 Å². The summed E-state index contributed by atoms with van der Waals surface area (Å²) < 4.78 is 31.3. The van der Waals surface area contributed by atoms with Gasteiger partial charge in [0.25, 0.3) is 0 Å². The van der Waals surface area contributed by atoms with Gasteiger partial charge in [0, 0.05) is 23.7 Å². The Labute approximate surface area is 111 Å². The lowest BCUT2D eigenvalue weighted by atomic mass is 9.96. The van der Waals surface area contributed by atoms with Gasteiger partial charge >= 0.3 is 5.97 Å². The van der Waals surface area contributed by atoms with E-state index in [2.05, 4.69) is 6.58 Å². The Bertz CT molecular complexity index is 524. The highest BCUT2D eigenvalue weighted by Crippen LogP contribution is 2.24. The lowest BCUT2D eigenvalue weighted by Gasteiger charge is -2.26. The number of carbonyl (C=O) groups excluding carboxylic acids is 1. The number of hydrogen-bond donors (Lipinski definition) is 1. The Morgan fingerprint density at radius 3 is 2.42 bits per heavy atom. The molecule has 0 saturated carbocycles. The van der Waals surface area contributed by atoms with Crippen molar-refractivity contribution >= 4 is 11.7 Å². The fourth-order valence-corrected chi connectivity index (χ4v) is 1.59. The minimum Gasteiger partial charge on any atom is -0.456 e. The SMILES string of the molecule is C=C(C)C(=O)OC(C)(C)Cc1cc(F)c(F)cc1N. The summed E-state index contributed by atoms with van der Waals surface area (Å²) in [6.45, 7) is 8.34. The molecular formula is C14H17F2NO2. The molecule has 0 aliphatic heterocycles. The van der Waals surface area contributed by atoms with Gasteiger partial charge < -0.3 is 10.5 Å². The predicted molar refractivity (Wildman–Crippen MR) is 69.5 cm³/mol. The zero-order chi connectivity index (χ0) is 14.8. The fourth-order valence-electron chi connectivity index (χ4n) is 1.59. The average molecular weight is 269 g/mol. The van der Waals surface area contributed by atoms with Crippen molar-refractivity contribution in [3.63, 3.8) is 0 Å². The van der Waals surface area contributed by atoms with Crippen LogP contribution in [0, 0.1) is 11.6 Å². The maximum Gasteiger partial charge on any atom is 0.333 e. The van der Waals surface area contributed by atoms with E-state index in [0.29, 0.717) is 5.56 Å². The van der Waals surface area contributed by atoms with E-state index in [1.165, 1.54) is 6.92 Å². The molecule has 3 nitrogen and oxygen atoms in total. The minimum absolute atomic E-state index is 0.123. The molecule has 2 N–H and O–H groups in total. The van der Waals surface area contributed by atoms with E-state index in [1.807, 2.05) is 0 Å². The molecule has 0 aliphatic carbocycles. The van der Waals surface area contributed by atoms with Crippen molar-refractivity contribution in [2.45, 2.75) is 32.8 Å². The second kappa shape index (κ2) is 5.38. The molecule has 19 heavy (non-hydrogen) atoms. The zero-order valence-electron chi connectivity index (χ0n) is 11.2. The number of hydrogen-bond acceptors (Lipinski definition) is 3.